The zero-order chi connectivity index (χ0) is 17.0. The molecule has 0 aromatic heterocycles. The Labute approximate surface area is 137 Å². The summed E-state index contributed by atoms with van der Waals surface area (Å²) in [6.45, 7) is 7.55. The largest absolute Gasteiger partial charge is 0.335 e. The maximum Gasteiger partial charge on any atom is 0.232 e. The van der Waals surface area contributed by atoms with Gasteiger partial charge in [0.15, 0.2) is 0 Å². The Kier molecular flexibility index (Phi) is 5.76. The number of nitrogens with zero attached hydrogens (tertiary/aromatic N) is 1. The summed E-state index contributed by atoms with van der Waals surface area (Å²) in [5.74, 6) is -0.486. The quantitative estimate of drug-likeness (QED) is 0.569. The van der Waals surface area contributed by atoms with Crippen LogP contribution in [0.4, 0.5) is 4.39 Å². The number of halogens is 1. The molecule has 0 N–H and O–H groups in total. The fourth-order valence-electron chi connectivity index (χ4n) is 3.22. The van der Waals surface area contributed by atoms with Gasteiger partial charge in [-0.05, 0) is 33.3 Å². The van der Waals surface area contributed by atoms with Gasteiger partial charge in [-0.15, -0.1) is 0 Å². The lowest BCUT2D eigenvalue weighted by Crippen LogP contribution is -2.44. The highest BCUT2D eigenvalue weighted by atomic mass is 19.1. The lowest BCUT2D eigenvalue weighted by atomic mass is 9.76. The number of rotatable bonds is 7. The number of amides is 1. The van der Waals surface area contributed by atoms with Crippen LogP contribution in [0.25, 0.3) is 0 Å². The highest BCUT2D eigenvalue weighted by Crippen LogP contribution is 2.44. The first-order valence-electron chi connectivity index (χ1n) is 8.17. The number of carbonyl (C=O) groups is 1. The van der Waals surface area contributed by atoms with Gasteiger partial charge in [-0.1, -0.05) is 30.3 Å². The minimum absolute atomic E-state index is 0.0799. The van der Waals surface area contributed by atoms with Gasteiger partial charge in [0.25, 0.3) is 0 Å². The van der Waals surface area contributed by atoms with Crippen LogP contribution >= 0.6 is 0 Å². The first-order chi connectivity index (χ1) is 11.0. The van der Waals surface area contributed by atoms with Gasteiger partial charge in [0, 0.05) is 12.5 Å². The standard InChI is InChI=1S/C18H26FNO3/c1-5-22-23-14(3)18(4)16(11-19)12-20(17(18)21)13(2)15-9-7-6-8-10-15/h6-10,13-14,16H,5,11-12H2,1-4H3/t13-,14?,16-,18?/m1/s1. The maximum absolute atomic E-state index is 13.6. The van der Waals surface area contributed by atoms with Crippen molar-refractivity contribution in [1.29, 1.82) is 0 Å². The summed E-state index contributed by atoms with van der Waals surface area (Å²) < 4.78 is 13.6. The zero-order valence-corrected chi connectivity index (χ0v) is 14.3. The Morgan fingerprint density at radius 1 is 1.35 bits per heavy atom. The predicted octanol–water partition coefficient (Wildman–Crippen LogP) is 3.54. The molecule has 0 radical (unpaired) electrons. The van der Waals surface area contributed by atoms with Gasteiger partial charge in [-0.3, -0.25) is 9.18 Å². The second-order valence-corrected chi connectivity index (χ2v) is 6.32. The number of hydrogen-bond donors (Lipinski definition) is 0. The Hall–Kier alpha value is -1.46. The van der Waals surface area contributed by atoms with Crippen molar-refractivity contribution in [3.8, 4) is 0 Å². The molecule has 0 aliphatic carbocycles. The van der Waals surface area contributed by atoms with E-state index in [9.17, 15) is 9.18 Å². The van der Waals surface area contributed by atoms with E-state index in [-0.39, 0.29) is 11.9 Å². The predicted molar refractivity (Wildman–Crippen MR) is 86.3 cm³/mol. The van der Waals surface area contributed by atoms with E-state index in [1.54, 1.807) is 18.7 Å². The van der Waals surface area contributed by atoms with Gasteiger partial charge >= 0.3 is 0 Å². The molecule has 5 heteroatoms. The summed E-state index contributed by atoms with van der Waals surface area (Å²) in [4.78, 5) is 25.1. The molecule has 1 amide bonds. The van der Waals surface area contributed by atoms with E-state index in [1.807, 2.05) is 44.2 Å². The third kappa shape index (κ3) is 3.26. The van der Waals surface area contributed by atoms with Gasteiger partial charge in [-0.25, -0.2) is 9.78 Å². The summed E-state index contributed by atoms with van der Waals surface area (Å²) in [7, 11) is 0. The zero-order valence-electron chi connectivity index (χ0n) is 14.3. The first-order valence-corrected chi connectivity index (χ1v) is 8.17. The first kappa shape index (κ1) is 17.9. The second-order valence-electron chi connectivity index (χ2n) is 6.32. The van der Waals surface area contributed by atoms with Crippen LogP contribution in [-0.2, 0) is 14.6 Å². The number of alkyl halides is 1. The molecular formula is C18H26FNO3. The molecule has 1 aliphatic heterocycles. The van der Waals surface area contributed by atoms with Crippen LogP contribution in [0, 0.1) is 11.3 Å². The minimum Gasteiger partial charge on any atom is -0.335 e. The number of carbonyl (C=O) groups excluding carboxylic acids is 1. The molecule has 23 heavy (non-hydrogen) atoms. The van der Waals surface area contributed by atoms with Gasteiger partial charge in [-0.2, -0.15) is 0 Å². The lowest BCUT2D eigenvalue weighted by molar-refractivity contribution is -0.335. The summed E-state index contributed by atoms with van der Waals surface area (Å²) in [6, 6.07) is 9.70. The number of hydrogen-bond acceptors (Lipinski definition) is 3. The normalized spacial score (nSPS) is 27.3. The maximum atomic E-state index is 13.6. The second kappa shape index (κ2) is 7.41. The molecule has 2 unspecified atom stereocenters. The van der Waals surface area contributed by atoms with Crippen molar-refractivity contribution >= 4 is 5.91 Å². The van der Waals surface area contributed by atoms with E-state index < -0.39 is 24.1 Å². The molecule has 1 aromatic carbocycles. The molecule has 1 aliphatic rings. The van der Waals surface area contributed by atoms with E-state index in [0.29, 0.717) is 13.2 Å². The molecule has 2 rings (SSSR count). The molecule has 0 bridgehead atoms. The topological polar surface area (TPSA) is 38.8 Å². The summed E-state index contributed by atoms with van der Waals surface area (Å²) in [5.41, 5.74) is 0.119. The van der Waals surface area contributed by atoms with Crippen molar-refractivity contribution in [3.05, 3.63) is 35.9 Å². The molecule has 1 saturated heterocycles. The van der Waals surface area contributed by atoms with Crippen LogP contribution in [0.2, 0.25) is 0 Å². The molecule has 1 fully saturated rings. The van der Waals surface area contributed by atoms with Crippen LogP contribution in [0.3, 0.4) is 0 Å². The van der Waals surface area contributed by atoms with Crippen molar-refractivity contribution < 1.29 is 19.0 Å². The molecule has 128 valence electrons. The Morgan fingerprint density at radius 3 is 2.57 bits per heavy atom. The minimum atomic E-state index is -0.924. The Bertz CT molecular complexity index is 524. The van der Waals surface area contributed by atoms with Crippen LogP contribution < -0.4 is 0 Å². The van der Waals surface area contributed by atoms with Gasteiger partial charge in [0.2, 0.25) is 5.91 Å². The van der Waals surface area contributed by atoms with Crippen LogP contribution in [0.1, 0.15) is 39.3 Å². The van der Waals surface area contributed by atoms with E-state index in [0.717, 1.165) is 5.56 Å². The van der Waals surface area contributed by atoms with E-state index in [1.165, 1.54) is 0 Å². The van der Waals surface area contributed by atoms with Crippen LogP contribution in [0.5, 0.6) is 0 Å². The Morgan fingerprint density at radius 2 is 2.00 bits per heavy atom. The highest BCUT2D eigenvalue weighted by Gasteiger charge is 2.55. The van der Waals surface area contributed by atoms with E-state index >= 15 is 0 Å². The van der Waals surface area contributed by atoms with E-state index in [4.69, 9.17) is 9.78 Å². The SMILES string of the molecule is CCOOC(C)C1(C)C(=O)N([C@H](C)c2ccccc2)C[C@H]1CF. The monoisotopic (exact) mass is 323 g/mol. The average molecular weight is 323 g/mol. The van der Waals surface area contributed by atoms with Crippen molar-refractivity contribution in [2.45, 2.75) is 39.8 Å². The lowest BCUT2D eigenvalue weighted by Gasteiger charge is -2.33. The number of likely N-dealkylation sites (tertiary alicyclic amines) is 1. The molecular weight excluding hydrogens is 297 g/mol. The molecule has 1 heterocycles. The van der Waals surface area contributed by atoms with Crippen molar-refractivity contribution in [2.24, 2.45) is 11.3 Å². The van der Waals surface area contributed by atoms with Crippen molar-refractivity contribution in [3.63, 3.8) is 0 Å². The molecule has 0 spiro atoms. The van der Waals surface area contributed by atoms with Gasteiger partial charge < -0.3 is 4.90 Å². The van der Waals surface area contributed by atoms with Crippen molar-refractivity contribution in [2.75, 3.05) is 19.8 Å². The van der Waals surface area contributed by atoms with Crippen molar-refractivity contribution in [1.82, 2.24) is 4.90 Å². The van der Waals surface area contributed by atoms with Crippen LogP contribution in [-0.4, -0.2) is 36.7 Å². The average Bonchev–Trinajstić information content (AvgIpc) is 2.85. The number of benzene rings is 1. The summed E-state index contributed by atoms with van der Waals surface area (Å²) in [6.07, 6.45) is -0.510. The molecule has 4 nitrogen and oxygen atoms in total. The van der Waals surface area contributed by atoms with Gasteiger partial charge in [0.05, 0.1) is 24.7 Å². The highest BCUT2D eigenvalue weighted by molar-refractivity contribution is 5.86. The summed E-state index contributed by atoms with van der Waals surface area (Å²) >= 11 is 0. The molecule has 4 atom stereocenters. The Balaban J connectivity index is 2.24. The fraction of sp³-hybridized carbons (Fsp3) is 0.611. The van der Waals surface area contributed by atoms with Gasteiger partial charge in [0.1, 0.15) is 6.10 Å². The molecule has 0 saturated carbocycles. The fourth-order valence-corrected chi connectivity index (χ4v) is 3.22. The smallest absolute Gasteiger partial charge is 0.232 e. The summed E-state index contributed by atoms with van der Waals surface area (Å²) in [5, 5.41) is 0. The van der Waals surface area contributed by atoms with Crippen LogP contribution in [0.15, 0.2) is 30.3 Å². The van der Waals surface area contributed by atoms with E-state index in [2.05, 4.69) is 0 Å². The molecule has 1 aromatic rings. The third-order valence-corrected chi connectivity index (χ3v) is 5.10. The third-order valence-electron chi connectivity index (χ3n) is 5.10.